The Kier molecular flexibility index (Phi) is 12.0. The molecule has 0 fully saturated rings. The average Bonchev–Trinajstić information content (AvgIpc) is 2.93. The lowest BCUT2D eigenvalue weighted by Crippen LogP contribution is -2.32. The van der Waals surface area contributed by atoms with Crippen molar-refractivity contribution >= 4 is 29.7 Å². The molecule has 0 spiro atoms. The maximum atomic E-state index is 11.9. The summed E-state index contributed by atoms with van der Waals surface area (Å²) in [5, 5.41) is 27.6. The molecule has 1 atom stereocenters. The highest BCUT2D eigenvalue weighted by Gasteiger charge is 2.11. The number of aromatic hydroxyl groups is 2. The lowest BCUT2D eigenvalue weighted by molar-refractivity contribution is -0.138. The number of benzene rings is 3. The molecule has 0 heterocycles. The molecular weight excluding hydrogens is 502 g/mol. The third kappa shape index (κ3) is 10.6. The highest BCUT2D eigenvalue weighted by molar-refractivity contribution is 6.10. The van der Waals surface area contributed by atoms with Crippen LogP contribution in [0.2, 0.25) is 0 Å². The summed E-state index contributed by atoms with van der Waals surface area (Å²) >= 11 is 0. The van der Waals surface area contributed by atoms with E-state index in [4.69, 9.17) is 20.3 Å². The summed E-state index contributed by atoms with van der Waals surface area (Å²) in [6, 6.07) is 17.9. The zero-order chi connectivity index (χ0) is 28.8. The maximum absolute atomic E-state index is 11.9. The number of phenols is 2. The van der Waals surface area contributed by atoms with Crippen molar-refractivity contribution in [2.45, 2.75) is 18.9 Å². The fourth-order valence-corrected chi connectivity index (χ4v) is 3.22. The maximum Gasteiger partial charge on any atom is 0.320 e. The molecule has 0 bridgehead atoms. The Morgan fingerprint density at radius 3 is 1.67 bits per heavy atom. The minimum absolute atomic E-state index is 0.00662. The Morgan fingerprint density at radius 2 is 1.26 bits per heavy atom. The molecule has 0 saturated carbocycles. The number of rotatable bonds is 11. The van der Waals surface area contributed by atoms with Gasteiger partial charge in [0.05, 0.1) is 20.6 Å². The van der Waals surface area contributed by atoms with E-state index < -0.39 is 12.0 Å². The molecule has 0 aliphatic heterocycles. The molecule has 3 rings (SSSR count). The van der Waals surface area contributed by atoms with Crippen molar-refractivity contribution in [3.8, 4) is 23.0 Å². The Morgan fingerprint density at radius 1 is 0.795 bits per heavy atom. The van der Waals surface area contributed by atoms with Gasteiger partial charge in [-0.3, -0.25) is 14.4 Å². The van der Waals surface area contributed by atoms with E-state index in [1.807, 2.05) is 30.3 Å². The number of hydrogen-bond donors (Lipinski definition) is 4. The van der Waals surface area contributed by atoms with Gasteiger partial charge in [-0.1, -0.05) is 54.6 Å². The Bertz CT molecular complexity index is 1260. The summed E-state index contributed by atoms with van der Waals surface area (Å²) in [7, 11) is 2.87. The summed E-state index contributed by atoms with van der Waals surface area (Å²) in [5.74, 6) is -1.04. The second-order valence-electron chi connectivity index (χ2n) is 8.27. The molecule has 3 aromatic carbocycles. The van der Waals surface area contributed by atoms with Crippen LogP contribution in [0.4, 0.5) is 0 Å². The minimum atomic E-state index is -0.959. The quantitative estimate of drug-likeness (QED) is 0.211. The summed E-state index contributed by atoms with van der Waals surface area (Å²) in [5.41, 5.74) is 7.63. The SMILES string of the molecule is COc1cc(/C=C/C(=O)CC(=O)/C=C/c2ccc(O)c(OC)c2)ccc1O.N[C@@H](Cc1ccccc1)C(=O)O. The average molecular weight is 534 g/mol. The minimum Gasteiger partial charge on any atom is -0.504 e. The molecule has 0 aliphatic rings. The van der Waals surface area contributed by atoms with Crippen molar-refractivity contribution < 1.29 is 39.2 Å². The predicted molar refractivity (Wildman–Crippen MR) is 148 cm³/mol. The second-order valence-corrected chi connectivity index (χ2v) is 8.27. The molecule has 0 aliphatic carbocycles. The summed E-state index contributed by atoms with van der Waals surface area (Å²) in [6.07, 6.45) is 5.83. The Balaban J connectivity index is 0.000000370. The first kappa shape index (κ1) is 30.3. The van der Waals surface area contributed by atoms with Crippen LogP contribution in [0.5, 0.6) is 23.0 Å². The van der Waals surface area contributed by atoms with E-state index in [-0.39, 0.29) is 29.5 Å². The van der Waals surface area contributed by atoms with Gasteiger partial charge in [-0.2, -0.15) is 0 Å². The van der Waals surface area contributed by atoms with Gasteiger partial charge in [0, 0.05) is 0 Å². The molecule has 0 amide bonds. The van der Waals surface area contributed by atoms with Crippen LogP contribution in [0.3, 0.4) is 0 Å². The van der Waals surface area contributed by atoms with Gasteiger partial charge < -0.3 is 30.5 Å². The standard InChI is InChI=1S/C21H20O6.C9H11NO2/c1-26-20-11-14(5-9-18(20)24)3-7-16(22)13-17(23)8-4-15-6-10-19(25)21(12-15)27-2;10-8(9(11)12)6-7-4-2-1-3-5-7/h3-12,24-25H,13H2,1-2H3;1-5,8H,6,10H2,(H,11,12)/b7-3+,8-4+;/t;8-/m.0/s1. The molecular formula is C30H31NO8. The van der Waals surface area contributed by atoms with E-state index in [1.54, 1.807) is 36.4 Å². The molecule has 204 valence electrons. The number of nitrogens with two attached hydrogens (primary N) is 1. The molecule has 9 nitrogen and oxygen atoms in total. The summed E-state index contributed by atoms with van der Waals surface area (Å²) in [6.45, 7) is 0. The first-order valence-electron chi connectivity index (χ1n) is 11.8. The van der Waals surface area contributed by atoms with E-state index in [2.05, 4.69) is 0 Å². The lowest BCUT2D eigenvalue weighted by atomic mass is 10.1. The molecule has 9 heteroatoms. The molecule has 0 radical (unpaired) electrons. The molecule has 0 aromatic heterocycles. The van der Waals surface area contributed by atoms with E-state index >= 15 is 0 Å². The fourth-order valence-electron chi connectivity index (χ4n) is 3.22. The van der Waals surface area contributed by atoms with Crippen LogP contribution < -0.4 is 15.2 Å². The highest BCUT2D eigenvalue weighted by Crippen LogP contribution is 2.27. The van der Waals surface area contributed by atoms with Crippen LogP contribution in [-0.2, 0) is 20.8 Å². The number of carboxylic acids is 1. The van der Waals surface area contributed by atoms with Gasteiger partial charge in [-0.15, -0.1) is 0 Å². The fraction of sp³-hybridized carbons (Fsp3) is 0.167. The normalized spacial score (nSPS) is 11.5. The van der Waals surface area contributed by atoms with Crippen LogP contribution in [0.1, 0.15) is 23.1 Å². The van der Waals surface area contributed by atoms with Crippen molar-refractivity contribution in [2.24, 2.45) is 5.73 Å². The van der Waals surface area contributed by atoms with Crippen molar-refractivity contribution in [1.29, 1.82) is 0 Å². The van der Waals surface area contributed by atoms with Crippen LogP contribution in [0.25, 0.3) is 12.2 Å². The number of carbonyl (C=O) groups excluding carboxylic acids is 2. The number of allylic oxidation sites excluding steroid dienone is 2. The van der Waals surface area contributed by atoms with Gasteiger partial charge in [-0.25, -0.2) is 0 Å². The van der Waals surface area contributed by atoms with Crippen molar-refractivity contribution in [2.75, 3.05) is 14.2 Å². The van der Waals surface area contributed by atoms with Crippen LogP contribution >= 0.6 is 0 Å². The van der Waals surface area contributed by atoms with E-state index in [0.717, 1.165) is 5.56 Å². The third-order valence-corrected chi connectivity index (χ3v) is 5.30. The van der Waals surface area contributed by atoms with Gasteiger partial charge in [0.15, 0.2) is 34.6 Å². The number of phenolic OH excluding ortho intramolecular Hbond substituents is 2. The zero-order valence-corrected chi connectivity index (χ0v) is 21.6. The number of hydrogen-bond acceptors (Lipinski definition) is 8. The van der Waals surface area contributed by atoms with Crippen molar-refractivity contribution in [3.05, 3.63) is 95.6 Å². The van der Waals surface area contributed by atoms with Gasteiger partial charge in [0.25, 0.3) is 0 Å². The number of carbonyl (C=O) groups is 3. The topological polar surface area (TPSA) is 156 Å². The molecule has 0 saturated heterocycles. The van der Waals surface area contributed by atoms with Crippen molar-refractivity contribution in [1.82, 2.24) is 0 Å². The second kappa shape index (κ2) is 15.4. The number of carboxylic acid groups (broad SMARTS) is 1. The zero-order valence-electron chi connectivity index (χ0n) is 21.6. The molecule has 0 unspecified atom stereocenters. The van der Waals surface area contributed by atoms with Gasteiger partial charge >= 0.3 is 5.97 Å². The first-order valence-corrected chi connectivity index (χ1v) is 11.8. The number of ether oxygens (including phenoxy) is 2. The summed E-state index contributed by atoms with van der Waals surface area (Å²) in [4.78, 5) is 34.2. The van der Waals surface area contributed by atoms with Gasteiger partial charge in [-0.05, 0) is 59.5 Å². The monoisotopic (exact) mass is 533 g/mol. The first-order chi connectivity index (χ1) is 18.6. The number of methoxy groups -OCH3 is 2. The van der Waals surface area contributed by atoms with Gasteiger partial charge in [0.2, 0.25) is 0 Å². The predicted octanol–water partition coefficient (Wildman–Crippen LogP) is 4.01. The summed E-state index contributed by atoms with van der Waals surface area (Å²) < 4.78 is 10.00. The smallest absolute Gasteiger partial charge is 0.320 e. The molecule has 5 N–H and O–H groups in total. The van der Waals surface area contributed by atoms with Crippen LogP contribution in [0.15, 0.2) is 78.9 Å². The Labute approximate surface area is 226 Å². The van der Waals surface area contributed by atoms with Crippen LogP contribution in [0, 0.1) is 0 Å². The van der Waals surface area contributed by atoms with Crippen LogP contribution in [-0.4, -0.2) is 53.1 Å². The van der Waals surface area contributed by atoms with E-state index in [0.29, 0.717) is 29.0 Å². The third-order valence-electron chi connectivity index (χ3n) is 5.30. The van der Waals surface area contributed by atoms with Gasteiger partial charge in [0.1, 0.15) is 6.04 Å². The number of aliphatic carboxylic acids is 1. The van der Waals surface area contributed by atoms with E-state index in [1.165, 1.54) is 38.5 Å². The largest absolute Gasteiger partial charge is 0.504 e. The van der Waals surface area contributed by atoms with E-state index in [9.17, 15) is 24.6 Å². The molecule has 39 heavy (non-hydrogen) atoms. The molecule has 3 aromatic rings. The Hall–Kier alpha value is -4.89. The lowest BCUT2D eigenvalue weighted by Gasteiger charge is -2.04. The number of ketones is 2. The van der Waals surface area contributed by atoms with Crippen molar-refractivity contribution in [3.63, 3.8) is 0 Å². The highest BCUT2D eigenvalue weighted by atomic mass is 16.5.